The number of fused-ring (bicyclic) bond motifs is 2. The summed E-state index contributed by atoms with van der Waals surface area (Å²) in [4.78, 5) is -0.113. The second-order valence-corrected chi connectivity index (χ2v) is 6.03. The Labute approximate surface area is 140 Å². The summed E-state index contributed by atoms with van der Waals surface area (Å²) in [6.45, 7) is 0. The van der Waals surface area contributed by atoms with Gasteiger partial charge in [0.25, 0.3) is 0 Å². The number of hydrogen-bond donors (Lipinski definition) is 1. The van der Waals surface area contributed by atoms with Gasteiger partial charge in [0.15, 0.2) is 0 Å². The molecule has 3 rings (SSSR count). The van der Waals surface area contributed by atoms with Gasteiger partial charge in [-0.2, -0.15) is 0 Å². The van der Waals surface area contributed by atoms with Crippen molar-refractivity contribution in [2.45, 2.75) is 17.7 Å². The molecule has 0 bridgehead atoms. The fourth-order valence-corrected chi connectivity index (χ4v) is 3.38. The molecule has 0 aliphatic heterocycles. The van der Waals surface area contributed by atoms with Gasteiger partial charge in [0.2, 0.25) is 0 Å². The molecule has 6 heteroatoms. The van der Waals surface area contributed by atoms with E-state index in [0.717, 1.165) is 16.7 Å². The molecule has 0 saturated carbocycles. The molecular formula is C14H12NNaO3S. The van der Waals surface area contributed by atoms with Crippen LogP contribution in [0.1, 0.15) is 22.3 Å². The van der Waals surface area contributed by atoms with Crippen LogP contribution in [0.4, 0.5) is 5.69 Å². The summed E-state index contributed by atoms with van der Waals surface area (Å²) < 4.78 is 33.9. The van der Waals surface area contributed by atoms with Crippen LogP contribution in [0, 0.1) is 0 Å². The fourth-order valence-electron chi connectivity index (χ4n) is 2.63. The SMILES string of the molecule is Nc1cccc2c1Cc1cccc(S(=O)(=O)[O-])c1C2.[Na+]. The van der Waals surface area contributed by atoms with Crippen molar-refractivity contribution in [2.75, 3.05) is 5.73 Å². The van der Waals surface area contributed by atoms with Gasteiger partial charge in [0.1, 0.15) is 10.1 Å². The molecule has 0 radical (unpaired) electrons. The number of nitrogen functional groups attached to an aromatic ring is 1. The summed E-state index contributed by atoms with van der Waals surface area (Å²) in [6, 6.07) is 10.4. The first kappa shape index (κ1) is 15.5. The predicted octanol–water partition coefficient (Wildman–Crippen LogP) is -1.33. The van der Waals surface area contributed by atoms with Crippen LogP contribution < -0.4 is 35.3 Å². The zero-order valence-electron chi connectivity index (χ0n) is 11.1. The molecule has 1 aliphatic carbocycles. The molecular weight excluding hydrogens is 285 g/mol. The van der Waals surface area contributed by atoms with Crippen LogP contribution in [0.5, 0.6) is 0 Å². The maximum Gasteiger partial charge on any atom is 1.00 e. The molecule has 0 aromatic heterocycles. The third-order valence-corrected chi connectivity index (χ3v) is 4.46. The molecule has 98 valence electrons. The van der Waals surface area contributed by atoms with E-state index in [-0.39, 0.29) is 34.5 Å². The molecule has 0 amide bonds. The van der Waals surface area contributed by atoms with Gasteiger partial charge in [-0.1, -0.05) is 24.3 Å². The zero-order chi connectivity index (χ0) is 13.6. The van der Waals surface area contributed by atoms with Crippen molar-refractivity contribution >= 4 is 15.8 Å². The smallest absolute Gasteiger partial charge is 0.744 e. The second-order valence-electron chi connectivity index (χ2n) is 4.69. The second kappa shape index (κ2) is 5.50. The number of anilines is 1. The Kier molecular flexibility index (Phi) is 4.27. The average molecular weight is 297 g/mol. The number of benzene rings is 2. The van der Waals surface area contributed by atoms with E-state index in [9.17, 15) is 13.0 Å². The topological polar surface area (TPSA) is 83.2 Å². The van der Waals surface area contributed by atoms with E-state index in [4.69, 9.17) is 5.73 Å². The van der Waals surface area contributed by atoms with E-state index in [1.54, 1.807) is 6.07 Å². The van der Waals surface area contributed by atoms with E-state index in [0.29, 0.717) is 24.1 Å². The Balaban J connectivity index is 0.00000147. The van der Waals surface area contributed by atoms with E-state index in [1.807, 2.05) is 24.3 Å². The molecule has 2 aromatic rings. The third kappa shape index (κ3) is 2.64. The molecule has 4 nitrogen and oxygen atoms in total. The number of rotatable bonds is 1. The predicted molar refractivity (Wildman–Crippen MR) is 70.9 cm³/mol. The van der Waals surface area contributed by atoms with Gasteiger partial charge in [-0.3, -0.25) is 0 Å². The van der Waals surface area contributed by atoms with Crippen LogP contribution in [0.15, 0.2) is 41.3 Å². The first-order valence-electron chi connectivity index (χ1n) is 5.90. The Hall–Kier alpha value is -0.850. The first-order valence-corrected chi connectivity index (χ1v) is 7.30. The Morgan fingerprint density at radius 1 is 0.950 bits per heavy atom. The minimum absolute atomic E-state index is 0. The third-order valence-electron chi connectivity index (χ3n) is 3.54. The van der Waals surface area contributed by atoms with Gasteiger partial charge in [-0.15, -0.1) is 0 Å². The maximum atomic E-state index is 11.3. The molecule has 20 heavy (non-hydrogen) atoms. The van der Waals surface area contributed by atoms with Crippen LogP contribution in [-0.4, -0.2) is 13.0 Å². The largest absolute Gasteiger partial charge is 1.00 e. The summed E-state index contributed by atoms with van der Waals surface area (Å²) in [6.07, 6.45) is 1.01. The zero-order valence-corrected chi connectivity index (χ0v) is 13.9. The quantitative estimate of drug-likeness (QED) is 0.343. The van der Waals surface area contributed by atoms with Crippen molar-refractivity contribution in [1.82, 2.24) is 0 Å². The average Bonchev–Trinajstić information content (AvgIpc) is 2.35. The molecule has 0 spiro atoms. The van der Waals surface area contributed by atoms with Crippen molar-refractivity contribution in [3.05, 3.63) is 58.7 Å². The standard InChI is InChI=1S/C14H13NO3S.Na/c15-13-5-1-3-9-8-12-10(7-11(9)13)4-2-6-14(12)19(16,17)18;/h1-6H,7-8,15H2,(H,16,17,18);/q;+1/p-1. The van der Waals surface area contributed by atoms with Crippen molar-refractivity contribution in [3.8, 4) is 0 Å². The van der Waals surface area contributed by atoms with Crippen molar-refractivity contribution in [2.24, 2.45) is 0 Å². The minimum Gasteiger partial charge on any atom is -0.744 e. The van der Waals surface area contributed by atoms with Crippen LogP contribution in [0.3, 0.4) is 0 Å². The van der Waals surface area contributed by atoms with Crippen LogP contribution in [0.2, 0.25) is 0 Å². The Morgan fingerprint density at radius 2 is 1.50 bits per heavy atom. The molecule has 2 aromatic carbocycles. The normalized spacial score (nSPS) is 13.1. The van der Waals surface area contributed by atoms with Crippen molar-refractivity contribution in [3.63, 3.8) is 0 Å². The molecule has 0 unspecified atom stereocenters. The summed E-state index contributed by atoms with van der Waals surface area (Å²) in [7, 11) is -4.44. The summed E-state index contributed by atoms with van der Waals surface area (Å²) in [5, 5.41) is 0. The van der Waals surface area contributed by atoms with Gasteiger partial charge in [0, 0.05) is 12.1 Å². The molecule has 1 aliphatic rings. The molecule has 0 heterocycles. The van der Waals surface area contributed by atoms with Gasteiger partial charge in [-0.05, 0) is 40.8 Å². The molecule has 0 saturated heterocycles. The van der Waals surface area contributed by atoms with E-state index < -0.39 is 10.1 Å². The maximum absolute atomic E-state index is 11.3. The van der Waals surface area contributed by atoms with Gasteiger partial charge in [0.05, 0.1) is 4.90 Å². The van der Waals surface area contributed by atoms with E-state index in [1.165, 1.54) is 6.07 Å². The van der Waals surface area contributed by atoms with Gasteiger partial charge >= 0.3 is 29.6 Å². The monoisotopic (exact) mass is 297 g/mol. The minimum atomic E-state index is -4.44. The van der Waals surface area contributed by atoms with Gasteiger partial charge in [-0.25, -0.2) is 8.42 Å². The molecule has 0 atom stereocenters. The van der Waals surface area contributed by atoms with Crippen molar-refractivity contribution in [1.29, 1.82) is 0 Å². The summed E-state index contributed by atoms with van der Waals surface area (Å²) in [5.41, 5.74) is 10.1. The van der Waals surface area contributed by atoms with Crippen LogP contribution in [-0.2, 0) is 23.0 Å². The first-order chi connectivity index (χ1) is 8.97. The van der Waals surface area contributed by atoms with Crippen LogP contribution in [0.25, 0.3) is 0 Å². The Morgan fingerprint density at radius 3 is 2.15 bits per heavy atom. The van der Waals surface area contributed by atoms with E-state index in [2.05, 4.69) is 0 Å². The molecule has 2 N–H and O–H groups in total. The van der Waals surface area contributed by atoms with Crippen molar-refractivity contribution < 1.29 is 42.5 Å². The Bertz CT molecular complexity index is 772. The van der Waals surface area contributed by atoms with Gasteiger partial charge < -0.3 is 10.3 Å². The number of hydrogen-bond acceptors (Lipinski definition) is 4. The molecule has 0 fully saturated rings. The summed E-state index contributed by atoms with van der Waals surface area (Å²) >= 11 is 0. The summed E-state index contributed by atoms with van der Waals surface area (Å²) in [5.74, 6) is 0. The number of nitrogens with two attached hydrogens (primary N) is 1. The fraction of sp³-hybridized carbons (Fsp3) is 0.143. The van der Waals surface area contributed by atoms with E-state index >= 15 is 0 Å². The van der Waals surface area contributed by atoms with Crippen LogP contribution >= 0.6 is 0 Å².